The molecule has 3 rings (SSSR count). The number of aromatic hydroxyl groups is 1. The highest BCUT2D eigenvalue weighted by atomic mass is 79.9. The molecule has 1 saturated heterocycles. The number of benzene rings is 1. The Bertz CT molecular complexity index is 766. The van der Waals surface area contributed by atoms with Crippen LogP contribution in [0.3, 0.4) is 0 Å². The fraction of sp³-hybridized carbons (Fsp3) is 0.188. The molecular weight excluding hydrogens is 362 g/mol. The van der Waals surface area contributed by atoms with Crippen LogP contribution in [0.2, 0.25) is 0 Å². The van der Waals surface area contributed by atoms with E-state index in [1.165, 1.54) is 12.3 Å². The van der Waals surface area contributed by atoms with E-state index < -0.39 is 5.92 Å². The summed E-state index contributed by atoms with van der Waals surface area (Å²) in [6.45, 7) is 0.300. The second kappa shape index (κ2) is 6.37. The fourth-order valence-corrected chi connectivity index (χ4v) is 2.88. The number of nitrogens with one attached hydrogen (secondary N) is 1. The second-order valence-corrected chi connectivity index (χ2v) is 6.16. The van der Waals surface area contributed by atoms with Crippen molar-refractivity contribution in [3.63, 3.8) is 0 Å². The van der Waals surface area contributed by atoms with Crippen LogP contribution >= 0.6 is 15.9 Å². The van der Waals surface area contributed by atoms with Crippen molar-refractivity contribution in [3.05, 3.63) is 47.1 Å². The SMILES string of the molecule is O=C(Nc1ncccc1O)[C@H]1CC(=O)N(c2cccc(Br)c2)C1. The van der Waals surface area contributed by atoms with Crippen molar-refractivity contribution < 1.29 is 14.7 Å². The van der Waals surface area contributed by atoms with Gasteiger partial charge in [0.15, 0.2) is 11.6 Å². The van der Waals surface area contributed by atoms with Gasteiger partial charge in [0, 0.05) is 29.3 Å². The van der Waals surface area contributed by atoms with Crippen LogP contribution in [0.4, 0.5) is 11.5 Å². The standard InChI is InChI=1S/C16H14BrN3O3/c17-11-3-1-4-12(8-11)20-9-10(7-14(20)22)16(23)19-15-13(21)5-2-6-18-15/h1-6,8,10,21H,7,9H2,(H,18,19,23)/t10-/m0/s1. The Morgan fingerprint density at radius 2 is 2.17 bits per heavy atom. The molecule has 0 spiro atoms. The topological polar surface area (TPSA) is 82.5 Å². The molecule has 23 heavy (non-hydrogen) atoms. The van der Waals surface area contributed by atoms with Gasteiger partial charge in [-0.15, -0.1) is 0 Å². The smallest absolute Gasteiger partial charge is 0.231 e. The summed E-state index contributed by atoms with van der Waals surface area (Å²) < 4.78 is 0.870. The van der Waals surface area contributed by atoms with Crippen LogP contribution in [0.15, 0.2) is 47.1 Å². The van der Waals surface area contributed by atoms with Gasteiger partial charge in [-0.25, -0.2) is 4.98 Å². The summed E-state index contributed by atoms with van der Waals surface area (Å²) in [7, 11) is 0. The minimum absolute atomic E-state index is 0.103. The monoisotopic (exact) mass is 375 g/mol. The lowest BCUT2D eigenvalue weighted by Gasteiger charge is -2.17. The van der Waals surface area contributed by atoms with Crippen LogP contribution < -0.4 is 10.2 Å². The zero-order valence-electron chi connectivity index (χ0n) is 12.1. The molecule has 1 aliphatic heterocycles. The van der Waals surface area contributed by atoms with E-state index in [4.69, 9.17) is 0 Å². The number of nitrogens with zero attached hydrogens (tertiary/aromatic N) is 2. The van der Waals surface area contributed by atoms with Gasteiger partial charge in [0.1, 0.15) is 0 Å². The molecule has 2 N–H and O–H groups in total. The Morgan fingerprint density at radius 3 is 2.91 bits per heavy atom. The quantitative estimate of drug-likeness (QED) is 0.863. The molecule has 0 unspecified atom stereocenters. The van der Waals surface area contributed by atoms with Crippen molar-refractivity contribution in [1.82, 2.24) is 4.98 Å². The maximum Gasteiger partial charge on any atom is 0.231 e. The third-order valence-electron chi connectivity index (χ3n) is 3.64. The number of anilines is 2. The van der Waals surface area contributed by atoms with Crippen LogP contribution in [0.1, 0.15) is 6.42 Å². The first kappa shape index (κ1) is 15.5. The van der Waals surface area contributed by atoms with Crippen LogP contribution in [0.5, 0.6) is 5.75 Å². The van der Waals surface area contributed by atoms with E-state index >= 15 is 0 Å². The second-order valence-electron chi connectivity index (χ2n) is 5.25. The highest BCUT2D eigenvalue weighted by Gasteiger charge is 2.35. The predicted molar refractivity (Wildman–Crippen MR) is 89.1 cm³/mol. The van der Waals surface area contributed by atoms with E-state index in [0.29, 0.717) is 6.54 Å². The van der Waals surface area contributed by atoms with Crippen molar-refractivity contribution in [2.45, 2.75) is 6.42 Å². The van der Waals surface area contributed by atoms with E-state index in [1.54, 1.807) is 11.0 Å². The average Bonchev–Trinajstić information content (AvgIpc) is 2.92. The molecular formula is C16H14BrN3O3. The molecule has 0 saturated carbocycles. The van der Waals surface area contributed by atoms with Crippen molar-refractivity contribution >= 4 is 39.2 Å². The number of amides is 2. The van der Waals surface area contributed by atoms with E-state index in [2.05, 4.69) is 26.2 Å². The highest BCUT2D eigenvalue weighted by molar-refractivity contribution is 9.10. The van der Waals surface area contributed by atoms with E-state index in [9.17, 15) is 14.7 Å². The number of hydrogen-bond acceptors (Lipinski definition) is 4. The summed E-state index contributed by atoms with van der Waals surface area (Å²) in [5.41, 5.74) is 0.750. The summed E-state index contributed by atoms with van der Waals surface area (Å²) in [5.74, 6) is -0.916. The molecule has 1 aromatic heterocycles. The van der Waals surface area contributed by atoms with Gasteiger partial charge in [-0.05, 0) is 30.3 Å². The van der Waals surface area contributed by atoms with Gasteiger partial charge >= 0.3 is 0 Å². The Hall–Kier alpha value is -2.41. The number of halogens is 1. The zero-order chi connectivity index (χ0) is 16.4. The van der Waals surface area contributed by atoms with Crippen LogP contribution in [0.25, 0.3) is 0 Å². The number of hydrogen-bond donors (Lipinski definition) is 2. The van der Waals surface area contributed by atoms with Crippen LogP contribution in [0, 0.1) is 5.92 Å². The highest BCUT2D eigenvalue weighted by Crippen LogP contribution is 2.28. The zero-order valence-corrected chi connectivity index (χ0v) is 13.7. The van der Waals surface area contributed by atoms with Crippen molar-refractivity contribution in [1.29, 1.82) is 0 Å². The summed E-state index contributed by atoms with van der Waals surface area (Å²) in [4.78, 5) is 30.0. The summed E-state index contributed by atoms with van der Waals surface area (Å²) in [6.07, 6.45) is 1.61. The van der Waals surface area contributed by atoms with Crippen LogP contribution in [-0.4, -0.2) is 28.4 Å². The number of pyridine rings is 1. The molecule has 2 aromatic rings. The molecule has 0 bridgehead atoms. The summed E-state index contributed by atoms with van der Waals surface area (Å²) in [5, 5.41) is 12.2. The first-order valence-electron chi connectivity index (χ1n) is 7.05. The number of carbonyl (C=O) groups excluding carboxylic acids is 2. The first-order valence-corrected chi connectivity index (χ1v) is 7.84. The lowest BCUT2D eigenvalue weighted by atomic mass is 10.1. The van der Waals surface area contributed by atoms with Crippen molar-refractivity contribution in [2.24, 2.45) is 5.92 Å². The van der Waals surface area contributed by atoms with Crippen molar-refractivity contribution in [3.8, 4) is 5.75 Å². The molecule has 2 amide bonds. The molecule has 118 valence electrons. The Balaban J connectivity index is 1.72. The predicted octanol–water partition coefficient (Wildman–Crippen LogP) is 2.54. The number of carbonyl (C=O) groups is 2. The van der Waals surface area contributed by atoms with Gasteiger partial charge in [-0.1, -0.05) is 22.0 Å². The van der Waals surface area contributed by atoms with Gasteiger partial charge in [0.2, 0.25) is 11.8 Å². The third kappa shape index (κ3) is 3.34. The Kier molecular flexibility index (Phi) is 4.29. The molecule has 1 atom stereocenters. The Labute approximate surface area is 141 Å². The molecule has 0 radical (unpaired) electrons. The molecule has 6 nitrogen and oxygen atoms in total. The molecule has 1 aliphatic rings. The van der Waals surface area contributed by atoms with Gasteiger partial charge in [0.05, 0.1) is 5.92 Å². The molecule has 1 aromatic carbocycles. The molecule has 7 heteroatoms. The van der Waals surface area contributed by atoms with Gasteiger partial charge in [0.25, 0.3) is 0 Å². The Morgan fingerprint density at radius 1 is 1.35 bits per heavy atom. The average molecular weight is 376 g/mol. The van der Waals surface area contributed by atoms with Gasteiger partial charge in [-0.3, -0.25) is 9.59 Å². The van der Waals surface area contributed by atoms with E-state index in [0.717, 1.165) is 10.2 Å². The third-order valence-corrected chi connectivity index (χ3v) is 4.14. The lowest BCUT2D eigenvalue weighted by molar-refractivity contribution is -0.122. The molecule has 0 aliphatic carbocycles. The maximum atomic E-state index is 12.3. The normalized spacial score (nSPS) is 17.3. The largest absolute Gasteiger partial charge is 0.504 e. The molecule has 1 fully saturated rings. The number of aromatic nitrogens is 1. The molecule has 2 heterocycles. The minimum atomic E-state index is -0.483. The summed E-state index contributed by atoms with van der Waals surface area (Å²) >= 11 is 3.37. The van der Waals surface area contributed by atoms with Crippen molar-refractivity contribution in [2.75, 3.05) is 16.8 Å². The maximum absolute atomic E-state index is 12.3. The van der Waals surface area contributed by atoms with E-state index in [1.807, 2.05) is 24.3 Å². The summed E-state index contributed by atoms with van der Waals surface area (Å²) in [6, 6.07) is 10.4. The fourth-order valence-electron chi connectivity index (χ4n) is 2.49. The van der Waals surface area contributed by atoms with E-state index in [-0.39, 0.29) is 29.8 Å². The van der Waals surface area contributed by atoms with Crippen LogP contribution in [-0.2, 0) is 9.59 Å². The number of rotatable bonds is 3. The van der Waals surface area contributed by atoms with Gasteiger partial charge in [-0.2, -0.15) is 0 Å². The minimum Gasteiger partial charge on any atom is -0.504 e. The van der Waals surface area contributed by atoms with Gasteiger partial charge < -0.3 is 15.3 Å². The lowest BCUT2D eigenvalue weighted by Crippen LogP contribution is -2.28. The first-order chi connectivity index (χ1) is 11.0.